The molecule has 20 heavy (non-hydrogen) atoms. The molecular formula is C16H26ClNO2. The van der Waals surface area contributed by atoms with Crippen molar-refractivity contribution in [1.82, 2.24) is 0 Å². The molecule has 0 amide bonds. The first-order valence-corrected chi connectivity index (χ1v) is 7.77. The van der Waals surface area contributed by atoms with Gasteiger partial charge in [0.05, 0.1) is 12.7 Å². The number of aliphatic hydroxyl groups excluding tert-OH is 1. The SMILES string of the molecule is CCCCCCOCC(O)CNc1cccc(Cl)c1C. The van der Waals surface area contributed by atoms with Crippen LogP contribution in [0.4, 0.5) is 5.69 Å². The lowest BCUT2D eigenvalue weighted by atomic mass is 10.2. The van der Waals surface area contributed by atoms with Crippen LogP contribution in [-0.2, 0) is 4.74 Å². The molecule has 0 saturated heterocycles. The van der Waals surface area contributed by atoms with E-state index in [1.807, 2.05) is 25.1 Å². The molecule has 1 aromatic rings. The zero-order valence-electron chi connectivity index (χ0n) is 12.5. The Labute approximate surface area is 127 Å². The fraction of sp³-hybridized carbons (Fsp3) is 0.625. The van der Waals surface area contributed by atoms with Gasteiger partial charge in [-0.3, -0.25) is 0 Å². The third kappa shape index (κ3) is 6.60. The maximum absolute atomic E-state index is 9.85. The quantitative estimate of drug-likeness (QED) is 0.641. The van der Waals surface area contributed by atoms with Crippen LogP contribution in [0.5, 0.6) is 0 Å². The van der Waals surface area contributed by atoms with Gasteiger partial charge in [0.25, 0.3) is 0 Å². The van der Waals surface area contributed by atoms with Crippen LogP contribution in [0.1, 0.15) is 38.2 Å². The highest BCUT2D eigenvalue weighted by molar-refractivity contribution is 6.31. The van der Waals surface area contributed by atoms with E-state index in [1.165, 1.54) is 19.3 Å². The number of hydrogen-bond acceptors (Lipinski definition) is 3. The minimum Gasteiger partial charge on any atom is -0.389 e. The number of nitrogens with one attached hydrogen (secondary N) is 1. The normalized spacial score (nSPS) is 12.4. The predicted octanol–water partition coefficient (Wildman–Crippen LogP) is 4.02. The summed E-state index contributed by atoms with van der Waals surface area (Å²) in [7, 11) is 0. The highest BCUT2D eigenvalue weighted by atomic mass is 35.5. The average Bonchev–Trinajstić information content (AvgIpc) is 2.44. The number of hydrogen-bond donors (Lipinski definition) is 2. The second-order valence-corrected chi connectivity index (χ2v) is 5.49. The van der Waals surface area contributed by atoms with Crippen molar-refractivity contribution in [3.05, 3.63) is 28.8 Å². The topological polar surface area (TPSA) is 41.5 Å². The number of aliphatic hydroxyl groups is 1. The van der Waals surface area contributed by atoms with Crippen molar-refractivity contribution < 1.29 is 9.84 Å². The molecule has 0 bridgehead atoms. The molecule has 4 heteroatoms. The van der Waals surface area contributed by atoms with Crippen LogP contribution in [0, 0.1) is 6.92 Å². The highest BCUT2D eigenvalue weighted by Gasteiger charge is 2.06. The molecule has 0 aliphatic carbocycles. The fourth-order valence-corrected chi connectivity index (χ4v) is 2.11. The van der Waals surface area contributed by atoms with Crippen LogP contribution < -0.4 is 5.32 Å². The molecule has 3 nitrogen and oxygen atoms in total. The first-order chi connectivity index (χ1) is 9.65. The Hall–Kier alpha value is -0.770. The number of unbranched alkanes of at least 4 members (excludes halogenated alkanes) is 3. The van der Waals surface area contributed by atoms with Gasteiger partial charge in [0.15, 0.2) is 0 Å². The Bertz CT molecular complexity index is 385. The lowest BCUT2D eigenvalue weighted by molar-refractivity contribution is 0.0416. The van der Waals surface area contributed by atoms with Gasteiger partial charge in [-0.1, -0.05) is 43.9 Å². The Morgan fingerprint density at radius 1 is 1.30 bits per heavy atom. The van der Waals surface area contributed by atoms with Crippen molar-refractivity contribution in [2.45, 2.75) is 45.6 Å². The number of halogens is 1. The van der Waals surface area contributed by atoms with Crippen molar-refractivity contribution in [3.63, 3.8) is 0 Å². The van der Waals surface area contributed by atoms with Gasteiger partial charge in [0, 0.05) is 23.9 Å². The van der Waals surface area contributed by atoms with Crippen molar-refractivity contribution in [1.29, 1.82) is 0 Å². The molecule has 0 aromatic heterocycles. The lowest BCUT2D eigenvalue weighted by Crippen LogP contribution is -2.25. The number of ether oxygens (including phenoxy) is 1. The van der Waals surface area contributed by atoms with Gasteiger partial charge in [-0.05, 0) is 31.0 Å². The maximum atomic E-state index is 9.85. The second kappa shape index (κ2) is 10.0. The zero-order valence-corrected chi connectivity index (χ0v) is 13.2. The largest absolute Gasteiger partial charge is 0.389 e. The van der Waals surface area contributed by atoms with E-state index in [0.717, 1.165) is 29.3 Å². The van der Waals surface area contributed by atoms with Gasteiger partial charge >= 0.3 is 0 Å². The van der Waals surface area contributed by atoms with Crippen LogP contribution >= 0.6 is 11.6 Å². The summed E-state index contributed by atoms with van der Waals surface area (Å²) in [5.74, 6) is 0. The monoisotopic (exact) mass is 299 g/mol. The number of rotatable bonds is 10. The molecule has 0 heterocycles. The third-order valence-corrected chi connectivity index (χ3v) is 3.66. The summed E-state index contributed by atoms with van der Waals surface area (Å²) >= 11 is 6.05. The van der Waals surface area contributed by atoms with Gasteiger partial charge in [0.1, 0.15) is 0 Å². The standard InChI is InChI=1S/C16H26ClNO2/c1-3-4-5-6-10-20-12-14(19)11-18-16-9-7-8-15(17)13(16)2/h7-9,14,18-19H,3-6,10-12H2,1-2H3. The van der Waals surface area contributed by atoms with Crippen LogP contribution in [0.25, 0.3) is 0 Å². The molecule has 0 fully saturated rings. The second-order valence-electron chi connectivity index (χ2n) is 5.08. The summed E-state index contributed by atoms with van der Waals surface area (Å²) in [6.45, 7) is 5.72. The first-order valence-electron chi connectivity index (χ1n) is 7.40. The lowest BCUT2D eigenvalue weighted by Gasteiger charge is -2.15. The molecule has 1 rings (SSSR count). The summed E-state index contributed by atoms with van der Waals surface area (Å²) < 4.78 is 5.47. The number of anilines is 1. The van der Waals surface area contributed by atoms with E-state index in [4.69, 9.17) is 16.3 Å². The average molecular weight is 300 g/mol. The fourth-order valence-electron chi connectivity index (χ4n) is 1.94. The molecule has 0 aliphatic heterocycles. The van der Waals surface area contributed by atoms with E-state index < -0.39 is 6.10 Å². The van der Waals surface area contributed by atoms with Crippen LogP contribution in [0.2, 0.25) is 5.02 Å². The Kier molecular flexibility index (Phi) is 8.67. The Morgan fingerprint density at radius 2 is 2.10 bits per heavy atom. The number of benzene rings is 1. The van der Waals surface area contributed by atoms with Crippen molar-refractivity contribution in [2.75, 3.05) is 25.1 Å². The van der Waals surface area contributed by atoms with E-state index in [9.17, 15) is 5.11 Å². The summed E-state index contributed by atoms with van der Waals surface area (Å²) in [6, 6.07) is 5.71. The van der Waals surface area contributed by atoms with E-state index in [1.54, 1.807) is 0 Å². The maximum Gasteiger partial charge on any atom is 0.0945 e. The Balaban J connectivity index is 2.16. The van der Waals surface area contributed by atoms with Crippen molar-refractivity contribution in [2.24, 2.45) is 0 Å². The van der Waals surface area contributed by atoms with Gasteiger partial charge in [-0.25, -0.2) is 0 Å². The molecule has 114 valence electrons. The molecule has 1 aromatic carbocycles. The first kappa shape index (κ1) is 17.3. The molecule has 0 radical (unpaired) electrons. The van der Waals surface area contributed by atoms with Crippen LogP contribution in [0.15, 0.2) is 18.2 Å². The molecule has 0 spiro atoms. The van der Waals surface area contributed by atoms with E-state index >= 15 is 0 Å². The molecule has 0 saturated carbocycles. The van der Waals surface area contributed by atoms with Crippen molar-refractivity contribution >= 4 is 17.3 Å². The summed E-state index contributed by atoms with van der Waals surface area (Å²) in [6.07, 6.45) is 4.25. The van der Waals surface area contributed by atoms with E-state index in [-0.39, 0.29) is 0 Å². The zero-order chi connectivity index (χ0) is 14.8. The molecule has 1 atom stereocenters. The van der Waals surface area contributed by atoms with Crippen molar-refractivity contribution in [3.8, 4) is 0 Å². The highest BCUT2D eigenvalue weighted by Crippen LogP contribution is 2.22. The van der Waals surface area contributed by atoms with Gasteiger partial charge in [-0.2, -0.15) is 0 Å². The summed E-state index contributed by atoms with van der Waals surface area (Å²) in [5, 5.41) is 13.8. The van der Waals surface area contributed by atoms with Gasteiger partial charge in [-0.15, -0.1) is 0 Å². The Morgan fingerprint density at radius 3 is 2.85 bits per heavy atom. The predicted molar refractivity (Wildman–Crippen MR) is 85.6 cm³/mol. The summed E-state index contributed by atoms with van der Waals surface area (Å²) in [4.78, 5) is 0. The molecule has 2 N–H and O–H groups in total. The van der Waals surface area contributed by atoms with E-state index in [2.05, 4.69) is 12.2 Å². The smallest absolute Gasteiger partial charge is 0.0945 e. The van der Waals surface area contributed by atoms with Crippen LogP contribution in [-0.4, -0.2) is 31.0 Å². The summed E-state index contributed by atoms with van der Waals surface area (Å²) in [5.41, 5.74) is 1.96. The molecule has 1 unspecified atom stereocenters. The molecule has 0 aliphatic rings. The van der Waals surface area contributed by atoms with Gasteiger partial charge in [0.2, 0.25) is 0 Å². The van der Waals surface area contributed by atoms with Gasteiger partial charge < -0.3 is 15.2 Å². The third-order valence-electron chi connectivity index (χ3n) is 3.25. The van der Waals surface area contributed by atoms with Crippen LogP contribution in [0.3, 0.4) is 0 Å². The molecular weight excluding hydrogens is 274 g/mol. The minimum atomic E-state index is -0.500. The van der Waals surface area contributed by atoms with E-state index in [0.29, 0.717) is 13.2 Å². The minimum absolute atomic E-state index is 0.374.